The summed E-state index contributed by atoms with van der Waals surface area (Å²) in [6.07, 6.45) is -0.284. The number of halogens is 3. The van der Waals surface area contributed by atoms with E-state index in [-0.39, 0.29) is 23.9 Å². The van der Waals surface area contributed by atoms with Crippen molar-refractivity contribution in [3.8, 4) is 0 Å². The van der Waals surface area contributed by atoms with E-state index in [4.69, 9.17) is 4.74 Å². The second-order valence-electron chi connectivity index (χ2n) is 7.40. The first-order valence-electron chi connectivity index (χ1n) is 8.42. The molecule has 0 saturated carbocycles. The zero-order chi connectivity index (χ0) is 20.4. The zero-order valence-electron chi connectivity index (χ0n) is 15.3. The molecule has 0 bridgehead atoms. The Balaban J connectivity index is 2.31. The smallest absolute Gasteiger partial charge is 0.410 e. The molecule has 0 spiro atoms. The van der Waals surface area contributed by atoms with Gasteiger partial charge in [0.1, 0.15) is 11.4 Å². The molecule has 152 valence electrons. The maximum Gasteiger partial charge on any atom is 0.410 e. The van der Waals surface area contributed by atoms with Crippen molar-refractivity contribution in [2.45, 2.75) is 51.3 Å². The molecule has 1 saturated heterocycles. The van der Waals surface area contributed by atoms with E-state index in [1.54, 1.807) is 39.0 Å². The number of benzene rings is 1. The lowest BCUT2D eigenvalue weighted by Gasteiger charge is -2.31. The Morgan fingerprint density at radius 3 is 2.67 bits per heavy atom. The van der Waals surface area contributed by atoms with Crippen LogP contribution in [0.25, 0.3) is 0 Å². The molecule has 1 aromatic carbocycles. The fourth-order valence-electron chi connectivity index (χ4n) is 2.98. The highest BCUT2D eigenvalue weighted by molar-refractivity contribution is 9.10. The normalized spacial score (nSPS) is 20.7. The number of hydrogen-bond acceptors (Lipinski definition) is 4. The summed E-state index contributed by atoms with van der Waals surface area (Å²) in [5.41, 5.74) is -0.423. The van der Waals surface area contributed by atoms with Crippen molar-refractivity contribution in [3.05, 3.63) is 34.1 Å². The van der Waals surface area contributed by atoms with E-state index in [1.165, 1.54) is 4.90 Å². The molecule has 1 fully saturated rings. The van der Waals surface area contributed by atoms with Gasteiger partial charge < -0.3 is 9.64 Å². The SMILES string of the molecule is CC(C)(C)OC(=O)N1CC[C@H](NS(=O)(=O)CF)[C@@H]1Cc1cccc(Br)c1F. The predicted molar refractivity (Wildman–Crippen MR) is 101 cm³/mol. The van der Waals surface area contributed by atoms with Gasteiger partial charge in [-0.3, -0.25) is 0 Å². The van der Waals surface area contributed by atoms with Gasteiger partial charge >= 0.3 is 6.09 Å². The molecule has 1 aliphatic rings. The van der Waals surface area contributed by atoms with E-state index in [0.717, 1.165) is 0 Å². The fourth-order valence-corrected chi connectivity index (χ4v) is 4.19. The second-order valence-corrected chi connectivity index (χ2v) is 9.93. The highest BCUT2D eigenvalue weighted by Crippen LogP contribution is 2.27. The maximum absolute atomic E-state index is 14.4. The van der Waals surface area contributed by atoms with Crippen molar-refractivity contribution in [1.29, 1.82) is 0 Å². The molecule has 1 heterocycles. The molecule has 0 aliphatic carbocycles. The van der Waals surface area contributed by atoms with Crippen molar-refractivity contribution in [2.75, 3.05) is 12.6 Å². The number of carbonyl (C=O) groups is 1. The van der Waals surface area contributed by atoms with Crippen LogP contribution in [0.5, 0.6) is 0 Å². The van der Waals surface area contributed by atoms with Crippen LogP contribution in [0.2, 0.25) is 0 Å². The van der Waals surface area contributed by atoms with E-state index in [2.05, 4.69) is 20.7 Å². The number of rotatable bonds is 5. The number of carbonyl (C=O) groups excluding carboxylic acids is 1. The molecule has 0 radical (unpaired) electrons. The van der Waals surface area contributed by atoms with Gasteiger partial charge in [-0.2, -0.15) is 0 Å². The number of nitrogens with zero attached hydrogens (tertiary/aromatic N) is 1. The monoisotopic (exact) mass is 468 g/mol. The van der Waals surface area contributed by atoms with Crippen LogP contribution in [-0.4, -0.2) is 49.6 Å². The molecule has 6 nitrogen and oxygen atoms in total. The molecule has 10 heteroatoms. The Bertz CT molecular complexity index is 799. The Morgan fingerprint density at radius 2 is 2.07 bits per heavy atom. The van der Waals surface area contributed by atoms with Gasteiger partial charge in [0.25, 0.3) is 0 Å². The Kier molecular flexibility index (Phi) is 6.86. The minimum atomic E-state index is -4.13. The van der Waals surface area contributed by atoms with Crippen molar-refractivity contribution >= 4 is 32.0 Å². The number of hydrogen-bond donors (Lipinski definition) is 1. The van der Waals surface area contributed by atoms with Crippen LogP contribution >= 0.6 is 15.9 Å². The summed E-state index contributed by atoms with van der Waals surface area (Å²) in [5, 5.41) is 0. The molecule has 27 heavy (non-hydrogen) atoms. The first-order chi connectivity index (χ1) is 12.4. The van der Waals surface area contributed by atoms with E-state index >= 15 is 0 Å². The van der Waals surface area contributed by atoms with Gasteiger partial charge in [-0.05, 0) is 61.2 Å². The van der Waals surface area contributed by atoms with Crippen molar-refractivity contribution in [3.63, 3.8) is 0 Å². The Hall–Kier alpha value is -1.26. The summed E-state index contributed by atoms with van der Waals surface area (Å²) in [5.74, 6) is -0.486. The lowest BCUT2D eigenvalue weighted by Crippen LogP contribution is -2.49. The van der Waals surface area contributed by atoms with E-state index < -0.39 is 45.6 Å². The third kappa shape index (κ3) is 5.86. The Labute approximate surface area is 166 Å². The lowest BCUT2D eigenvalue weighted by molar-refractivity contribution is 0.0218. The molecular formula is C17H23BrF2N2O4S. The second kappa shape index (κ2) is 8.40. The van der Waals surface area contributed by atoms with Gasteiger partial charge in [0.15, 0.2) is 0 Å². The van der Waals surface area contributed by atoms with Crippen LogP contribution in [0.4, 0.5) is 13.6 Å². The number of likely N-dealkylation sites (tertiary alicyclic amines) is 1. The van der Waals surface area contributed by atoms with Gasteiger partial charge in [0.2, 0.25) is 16.0 Å². The molecule has 2 rings (SSSR count). The first-order valence-corrected chi connectivity index (χ1v) is 10.9. The van der Waals surface area contributed by atoms with E-state index in [1.807, 2.05) is 0 Å². The zero-order valence-corrected chi connectivity index (χ0v) is 17.7. The van der Waals surface area contributed by atoms with Crippen LogP contribution in [0.15, 0.2) is 22.7 Å². The average molecular weight is 469 g/mol. The summed E-state index contributed by atoms with van der Waals surface area (Å²) in [6, 6.07) is 1.75. The molecule has 1 amide bonds. The average Bonchev–Trinajstić information content (AvgIpc) is 2.92. The molecule has 1 N–H and O–H groups in total. The highest BCUT2D eigenvalue weighted by Gasteiger charge is 2.41. The molecular weight excluding hydrogens is 446 g/mol. The molecule has 1 aliphatic heterocycles. The summed E-state index contributed by atoms with van der Waals surface area (Å²) < 4.78 is 58.4. The van der Waals surface area contributed by atoms with Crippen LogP contribution in [0.1, 0.15) is 32.8 Å². The van der Waals surface area contributed by atoms with Gasteiger partial charge in [-0.25, -0.2) is 26.7 Å². The summed E-state index contributed by atoms with van der Waals surface area (Å²) in [7, 11) is -4.13. The molecule has 0 unspecified atom stereocenters. The third-order valence-corrected chi connectivity index (χ3v) is 5.67. The van der Waals surface area contributed by atoms with Gasteiger partial charge in [0.05, 0.1) is 10.5 Å². The Morgan fingerprint density at radius 1 is 1.41 bits per heavy atom. The minimum absolute atomic E-state index is 0.0595. The van der Waals surface area contributed by atoms with Gasteiger partial charge in [-0.1, -0.05) is 12.1 Å². The topological polar surface area (TPSA) is 75.7 Å². The van der Waals surface area contributed by atoms with E-state index in [0.29, 0.717) is 5.56 Å². The third-order valence-electron chi connectivity index (χ3n) is 4.11. The van der Waals surface area contributed by atoms with E-state index in [9.17, 15) is 22.0 Å². The van der Waals surface area contributed by atoms with Gasteiger partial charge in [0, 0.05) is 12.6 Å². The largest absolute Gasteiger partial charge is 0.444 e. The molecule has 1 aromatic rings. The highest BCUT2D eigenvalue weighted by atomic mass is 79.9. The van der Waals surface area contributed by atoms with Crippen molar-refractivity contribution in [2.24, 2.45) is 0 Å². The summed E-state index contributed by atoms with van der Waals surface area (Å²) in [4.78, 5) is 13.9. The van der Waals surface area contributed by atoms with Gasteiger partial charge in [-0.15, -0.1) is 0 Å². The minimum Gasteiger partial charge on any atom is -0.444 e. The predicted octanol–water partition coefficient (Wildman–Crippen LogP) is 3.36. The van der Waals surface area contributed by atoms with Crippen LogP contribution in [-0.2, 0) is 21.2 Å². The molecule has 0 aromatic heterocycles. The van der Waals surface area contributed by atoms with Crippen LogP contribution in [0, 0.1) is 5.82 Å². The van der Waals surface area contributed by atoms with Crippen molar-refractivity contribution < 1.29 is 26.7 Å². The summed E-state index contributed by atoms with van der Waals surface area (Å²) in [6.45, 7) is 5.36. The number of amides is 1. The first kappa shape index (κ1) is 22.0. The number of ether oxygens (including phenoxy) is 1. The lowest BCUT2D eigenvalue weighted by atomic mass is 10.0. The van der Waals surface area contributed by atoms with Crippen LogP contribution < -0.4 is 4.72 Å². The summed E-state index contributed by atoms with van der Waals surface area (Å²) >= 11 is 3.11. The van der Waals surface area contributed by atoms with Crippen LogP contribution in [0.3, 0.4) is 0 Å². The maximum atomic E-state index is 14.4. The number of nitrogens with one attached hydrogen (secondary N) is 1. The number of alkyl halides is 1. The van der Waals surface area contributed by atoms with Crippen molar-refractivity contribution in [1.82, 2.24) is 9.62 Å². The quantitative estimate of drug-likeness (QED) is 0.718. The molecule has 2 atom stereocenters. The standard InChI is InChI=1S/C17H23BrF2N2O4S/c1-17(2,3)26-16(23)22-8-7-13(21-27(24,25)10-19)14(22)9-11-5-4-6-12(18)15(11)20/h4-6,13-14,21H,7-10H2,1-3H3/t13-,14-/m0/s1. The number of sulfonamides is 1. The fraction of sp³-hybridized carbons (Fsp3) is 0.588.